The van der Waals surface area contributed by atoms with Gasteiger partial charge in [-0.15, -0.1) is 0 Å². The molecule has 0 radical (unpaired) electrons. The number of carboxylic acids is 1. The van der Waals surface area contributed by atoms with Gasteiger partial charge in [0.2, 0.25) is 5.91 Å². The molecule has 0 aromatic heterocycles. The number of amides is 1. The highest BCUT2D eigenvalue weighted by Crippen LogP contribution is 2.21. The molecule has 1 aromatic carbocycles. The summed E-state index contributed by atoms with van der Waals surface area (Å²) in [6.45, 7) is 1.52. The number of carbonyl (C=O) groups excluding carboxylic acids is 1. The van der Waals surface area contributed by atoms with Crippen molar-refractivity contribution in [1.29, 1.82) is 0 Å². The Bertz CT molecular complexity index is 474. The van der Waals surface area contributed by atoms with Crippen molar-refractivity contribution in [1.82, 2.24) is 4.90 Å². The second kappa shape index (κ2) is 7.78. The van der Waals surface area contributed by atoms with E-state index in [-0.39, 0.29) is 18.4 Å². The Morgan fingerprint density at radius 1 is 1.29 bits per heavy atom. The molecule has 0 aliphatic carbocycles. The van der Waals surface area contributed by atoms with Gasteiger partial charge in [0.15, 0.2) is 0 Å². The number of rotatable bonds is 7. The number of carbonyl (C=O) groups is 2. The second-order valence-electron chi connectivity index (χ2n) is 5.27. The van der Waals surface area contributed by atoms with Gasteiger partial charge in [-0.3, -0.25) is 9.59 Å². The Morgan fingerprint density at radius 3 is 2.76 bits per heavy atom. The highest BCUT2D eigenvalue weighted by atomic mass is 16.5. The van der Waals surface area contributed by atoms with Crippen LogP contribution in [0.4, 0.5) is 0 Å². The lowest BCUT2D eigenvalue weighted by Gasteiger charge is -2.23. The lowest BCUT2D eigenvalue weighted by molar-refractivity contribution is -0.140. The molecule has 0 spiro atoms. The normalized spacial score (nSPS) is 17.9. The number of carboxylic acid groups (broad SMARTS) is 1. The SMILES string of the molecule is O=C(O)CC1CCCN1C(=O)CCOCc1ccccc1. The minimum absolute atomic E-state index is 0.00758. The lowest BCUT2D eigenvalue weighted by atomic mass is 10.1. The summed E-state index contributed by atoms with van der Waals surface area (Å²) in [5.41, 5.74) is 1.08. The summed E-state index contributed by atoms with van der Waals surface area (Å²) >= 11 is 0. The summed E-state index contributed by atoms with van der Waals surface area (Å²) in [6.07, 6.45) is 2.01. The van der Waals surface area contributed by atoms with E-state index < -0.39 is 5.97 Å². The van der Waals surface area contributed by atoms with E-state index in [0.717, 1.165) is 18.4 Å². The van der Waals surface area contributed by atoms with Crippen LogP contribution in [0.3, 0.4) is 0 Å². The summed E-state index contributed by atoms with van der Waals surface area (Å²) in [5, 5.41) is 8.85. The Balaban J connectivity index is 1.70. The van der Waals surface area contributed by atoms with Gasteiger partial charge >= 0.3 is 5.97 Å². The molecule has 1 aromatic rings. The summed E-state index contributed by atoms with van der Waals surface area (Å²) in [5.74, 6) is -0.855. The lowest BCUT2D eigenvalue weighted by Crippen LogP contribution is -2.37. The van der Waals surface area contributed by atoms with Gasteiger partial charge in [0.1, 0.15) is 0 Å². The predicted octanol–water partition coefficient (Wildman–Crippen LogP) is 2.06. The third kappa shape index (κ3) is 4.86. The fourth-order valence-electron chi connectivity index (χ4n) is 2.65. The van der Waals surface area contributed by atoms with Crippen molar-refractivity contribution in [2.24, 2.45) is 0 Å². The van der Waals surface area contributed by atoms with Gasteiger partial charge in [-0.25, -0.2) is 0 Å². The zero-order valence-electron chi connectivity index (χ0n) is 12.0. The smallest absolute Gasteiger partial charge is 0.305 e. The standard InChI is InChI=1S/C16H21NO4/c18-15(17-9-4-7-14(17)11-16(19)20)8-10-21-12-13-5-2-1-3-6-13/h1-3,5-6,14H,4,7-12H2,(H,19,20). The molecule has 0 saturated carbocycles. The first-order valence-corrected chi connectivity index (χ1v) is 7.30. The molecule has 1 unspecified atom stereocenters. The van der Waals surface area contributed by atoms with Crippen LogP contribution >= 0.6 is 0 Å². The van der Waals surface area contributed by atoms with Gasteiger partial charge < -0.3 is 14.7 Å². The van der Waals surface area contributed by atoms with Crippen LogP contribution in [-0.4, -0.2) is 41.1 Å². The van der Waals surface area contributed by atoms with E-state index in [4.69, 9.17) is 9.84 Å². The van der Waals surface area contributed by atoms with Crippen molar-refractivity contribution >= 4 is 11.9 Å². The summed E-state index contributed by atoms with van der Waals surface area (Å²) in [7, 11) is 0. The van der Waals surface area contributed by atoms with Crippen LogP contribution in [0.1, 0.15) is 31.2 Å². The molecule has 1 aliphatic heterocycles. The van der Waals surface area contributed by atoms with Crippen LogP contribution in [0.25, 0.3) is 0 Å². The molecular formula is C16H21NO4. The zero-order valence-corrected chi connectivity index (χ0v) is 12.0. The molecule has 2 rings (SSSR count). The molecule has 5 heteroatoms. The molecule has 21 heavy (non-hydrogen) atoms. The minimum atomic E-state index is -0.847. The van der Waals surface area contributed by atoms with Crippen LogP contribution in [0, 0.1) is 0 Å². The van der Waals surface area contributed by atoms with Gasteiger partial charge in [0.25, 0.3) is 0 Å². The molecule has 1 fully saturated rings. The van der Waals surface area contributed by atoms with E-state index in [1.165, 1.54) is 0 Å². The van der Waals surface area contributed by atoms with E-state index in [1.807, 2.05) is 30.3 Å². The number of nitrogens with zero attached hydrogens (tertiary/aromatic N) is 1. The molecule has 114 valence electrons. The first-order chi connectivity index (χ1) is 10.2. The highest BCUT2D eigenvalue weighted by Gasteiger charge is 2.29. The van der Waals surface area contributed by atoms with E-state index in [1.54, 1.807) is 4.90 Å². The predicted molar refractivity (Wildman–Crippen MR) is 77.7 cm³/mol. The van der Waals surface area contributed by atoms with Crippen LogP contribution in [0.5, 0.6) is 0 Å². The largest absolute Gasteiger partial charge is 0.481 e. The number of benzene rings is 1. The summed E-state index contributed by atoms with van der Waals surface area (Å²) in [4.78, 5) is 24.6. The van der Waals surface area contributed by atoms with Gasteiger partial charge in [0, 0.05) is 12.6 Å². The molecule has 1 heterocycles. The Morgan fingerprint density at radius 2 is 2.05 bits per heavy atom. The van der Waals surface area contributed by atoms with Crippen molar-refractivity contribution < 1.29 is 19.4 Å². The Hall–Kier alpha value is -1.88. The molecular weight excluding hydrogens is 270 g/mol. The molecule has 1 N–H and O–H groups in total. The Kier molecular flexibility index (Phi) is 5.75. The molecule has 1 aliphatic rings. The first-order valence-electron chi connectivity index (χ1n) is 7.30. The number of aliphatic carboxylic acids is 1. The number of likely N-dealkylation sites (tertiary alicyclic amines) is 1. The third-order valence-electron chi connectivity index (χ3n) is 3.68. The molecule has 1 amide bonds. The summed E-state index contributed by atoms with van der Waals surface area (Å²) in [6, 6.07) is 9.65. The van der Waals surface area contributed by atoms with Crippen molar-refractivity contribution in [3.63, 3.8) is 0 Å². The van der Waals surface area contributed by atoms with Gasteiger partial charge in [-0.2, -0.15) is 0 Å². The molecule has 1 saturated heterocycles. The number of hydrogen-bond acceptors (Lipinski definition) is 3. The maximum absolute atomic E-state index is 12.1. The Labute approximate surface area is 124 Å². The second-order valence-corrected chi connectivity index (χ2v) is 5.27. The van der Waals surface area contributed by atoms with E-state index in [0.29, 0.717) is 26.2 Å². The van der Waals surface area contributed by atoms with E-state index in [9.17, 15) is 9.59 Å². The minimum Gasteiger partial charge on any atom is -0.481 e. The fraction of sp³-hybridized carbons (Fsp3) is 0.500. The topological polar surface area (TPSA) is 66.8 Å². The average molecular weight is 291 g/mol. The van der Waals surface area contributed by atoms with E-state index >= 15 is 0 Å². The van der Waals surface area contributed by atoms with Gasteiger partial charge in [0.05, 0.1) is 26.1 Å². The fourth-order valence-corrected chi connectivity index (χ4v) is 2.65. The first kappa shape index (κ1) is 15.5. The maximum Gasteiger partial charge on any atom is 0.305 e. The van der Waals surface area contributed by atoms with Crippen LogP contribution in [0.15, 0.2) is 30.3 Å². The molecule has 5 nitrogen and oxygen atoms in total. The summed E-state index contributed by atoms with van der Waals surface area (Å²) < 4.78 is 5.50. The molecule has 1 atom stereocenters. The van der Waals surface area contributed by atoms with Crippen molar-refractivity contribution in [3.05, 3.63) is 35.9 Å². The van der Waals surface area contributed by atoms with Crippen molar-refractivity contribution in [2.75, 3.05) is 13.2 Å². The number of ether oxygens (including phenoxy) is 1. The third-order valence-corrected chi connectivity index (χ3v) is 3.68. The monoisotopic (exact) mass is 291 g/mol. The highest BCUT2D eigenvalue weighted by molar-refractivity contribution is 5.78. The zero-order chi connectivity index (χ0) is 15.1. The number of hydrogen-bond donors (Lipinski definition) is 1. The van der Waals surface area contributed by atoms with E-state index in [2.05, 4.69) is 0 Å². The molecule has 0 bridgehead atoms. The maximum atomic E-state index is 12.1. The van der Waals surface area contributed by atoms with Crippen LogP contribution < -0.4 is 0 Å². The van der Waals surface area contributed by atoms with Crippen molar-refractivity contribution in [3.8, 4) is 0 Å². The van der Waals surface area contributed by atoms with Crippen LogP contribution in [0.2, 0.25) is 0 Å². The quantitative estimate of drug-likeness (QED) is 0.781. The van der Waals surface area contributed by atoms with Crippen molar-refractivity contribution in [2.45, 2.75) is 38.3 Å². The average Bonchev–Trinajstić information content (AvgIpc) is 2.92. The van der Waals surface area contributed by atoms with Gasteiger partial charge in [-0.05, 0) is 18.4 Å². The van der Waals surface area contributed by atoms with Gasteiger partial charge in [-0.1, -0.05) is 30.3 Å². The van der Waals surface area contributed by atoms with Crippen LogP contribution in [-0.2, 0) is 20.9 Å².